The van der Waals surface area contributed by atoms with Gasteiger partial charge in [-0.15, -0.1) is 11.6 Å². The van der Waals surface area contributed by atoms with Crippen LogP contribution in [0.4, 0.5) is 5.69 Å². The third-order valence-corrected chi connectivity index (χ3v) is 4.06. The molecule has 0 N–H and O–H groups in total. The van der Waals surface area contributed by atoms with Gasteiger partial charge in [-0.2, -0.15) is 0 Å². The predicted molar refractivity (Wildman–Crippen MR) is 73.6 cm³/mol. The maximum atomic E-state index is 5.97. The first-order valence-corrected chi connectivity index (χ1v) is 6.79. The van der Waals surface area contributed by atoms with Crippen LogP contribution in [0.15, 0.2) is 18.5 Å². The summed E-state index contributed by atoms with van der Waals surface area (Å²) >= 11 is 5.97. The Morgan fingerprint density at radius 3 is 2.82 bits per heavy atom. The Hall–Kier alpha value is -0.760. The number of anilines is 1. The highest BCUT2D eigenvalue weighted by molar-refractivity contribution is 6.17. The number of aromatic nitrogens is 1. The van der Waals surface area contributed by atoms with Gasteiger partial charge in [0.25, 0.3) is 0 Å². The highest BCUT2D eigenvalue weighted by Gasteiger charge is 2.32. The Kier molecular flexibility index (Phi) is 3.62. The van der Waals surface area contributed by atoms with Crippen molar-refractivity contribution in [2.75, 3.05) is 18.0 Å². The zero-order valence-electron chi connectivity index (χ0n) is 10.9. The largest absolute Gasteiger partial charge is 0.371 e. The third kappa shape index (κ3) is 2.74. The zero-order chi connectivity index (χ0) is 12.5. The molecule has 0 spiro atoms. The van der Waals surface area contributed by atoms with Crippen molar-refractivity contribution >= 4 is 17.3 Å². The average Bonchev–Trinajstić information content (AvgIpc) is 2.77. The summed E-state index contributed by atoms with van der Waals surface area (Å²) in [5.74, 6) is 1.30. The molecular weight excluding hydrogens is 232 g/mol. The van der Waals surface area contributed by atoms with Crippen molar-refractivity contribution in [1.29, 1.82) is 0 Å². The fourth-order valence-corrected chi connectivity index (χ4v) is 2.72. The maximum absolute atomic E-state index is 5.97. The zero-order valence-corrected chi connectivity index (χ0v) is 11.7. The van der Waals surface area contributed by atoms with Crippen LogP contribution in [0, 0.1) is 11.3 Å². The summed E-state index contributed by atoms with van der Waals surface area (Å²) in [4.78, 5) is 6.60. The molecule has 1 aliphatic heterocycles. The quantitative estimate of drug-likeness (QED) is 0.747. The van der Waals surface area contributed by atoms with E-state index in [1.807, 2.05) is 12.4 Å². The van der Waals surface area contributed by atoms with Gasteiger partial charge in [0.2, 0.25) is 0 Å². The average molecular weight is 253 g/mol. The molecule has 1 aromatic heterocycles. The maximum Gasteiger partial charge on any atom is 0.0509 e. The molecule has 0 aromatic carbocycles. The smallest absolute Gasteiger partial charge is 0.0509 e. The molecule has 2 heterocycles. The normalized spacial score (nSPS) is 20.9. The van der Waals surface area contributed by atoms with Crippen LogP contribution in [0.3, 0.4) is 0 Å². The number of pyridine rings is 1. The van der Waals surface area contributed by atoms with Crippen molar-refractivity contribution in [2.45, 2.75) is 33.1 Å². The topological polar surface area (TPSA) is 16.1 Å². The second-order valence-electron chi connectivity index (χ2n) is 5.94. The number of halogens is 1. The SMILES string of the molecule is CC(C)(C)C1CCN(c2ccncc2CCl)C1. The molecule has 0 radical (unpaired) electrons. The molecule has 0 amide bonds. The van der Waals surface area contributed by atoms with E-state index in [2.05, 4.69) is 36.7 Å². The van der Waals surface area contributed by atoms with E-state index in [-0.39, 0.29) is 0 Å². The molecule has 17 heavy (non-hydrogen) atoms. The van der Waals surface area contributed by atoms with E-state index in [9.17, 15) is 0 Å². The van der Waals surface area contributed by atoms with E-state index >= 15 is 0 Å². The van der Waals surface area contributed by atoms with E-state index < -0.39 is 0 Å². The molecule has 2 nitrogen and oxygen atoms in total. The van der Waals surface area contributed by atoms with Crippen LogP contribution < -0.4 is 4.90 Å². The minimum Gasteiger partial charge on any atom is -0.371 e. The molecule has 0 aliphatic carbocycles. The Bertz CT molecular complexity index is 384. The van der Waals surface area contributed by atoms with Gasteiger partial charge >= 0.3 is 0 Å². The van der Waals surface area contributed by atoms with Crippen molar-refractivity contribution in [3.63, 3.8) is 0 Å². The van der Waals surface area contributed by atoms with Gasteiger partial charge < -0.3 is 4.90 Å². The fourth-order valence-electron chi connectivity index (χ4n) is 2.52. The summed E-state index contributed by atoms with van der Waals surface area (Å²) in [6.45, 7) is 9.26. The lowest BCUT2D eigenvalue weighted by Crippen LogP contribution is -2.26. The van der Waals surface area contributed by atoms with Crippen LogP contribution >= 0.6 is 11.6 Å². The van der Waals surface area contributed by atoms with E-state index in [0.29, 0.717) is 11.3 Å². The van der Waals surface area contributed by atoms with E-state index in [1.54, 1.807) is 0 Å². The number of alkyl halides is 1. The molecule has 1 aliphatic rings. The summed E-state index contributed by atoms with van der Waals surface area (Å²) < 4.78 is 0. The molecule has 94 valence electrons. The first kappa shape index (κ1) is 12.7. The Morgan fingerprint density at radius 2 is 2.24 bits per heavy atom. The van der Waals surface area contributed by atoms with Gasteiger partial charge in [0.1, 0.15) is 0 Å². The molecule has 1 aromatic rings. The van der Waals surface area contributed by atoms with Crippen molar-refractivity contribution < 1.29 is 0 Å². The van der Waals surface area contributed by atoms with Gasteiger partial charge in [0.15, 0.2) is 0 Å². The molecule has 2 rings (SSSR count). The molecule has 1 atom stereocenters. The number of nitrogens with zero attached hydrogens (tertiary/aromatic N) is 2. The van der Waals surface area contributed by atoms with Crippen LogP contribution in [0.5, 0.6) is 0 Å². The summed E-state index contributed by atoms with van der Waals surface area (Å²) in [6.07, 6.45) is 5.01. The number of hydrogen-bond donors (Lipinski definition) is 0. The molecule has 0 bridgehead atoms. The molecule has 1 fully saturated rings. The lowest BCUT2D eigenvalue weighted by Gasteiger charge is -2.28. The van der Waals surface area contributed by atoms with Gasteiger partial charge in [-0.25, -0.2) is 0 Å². The van der Waals surface area contributed by atoms with Crippen LogP contribution in [-0.2, 0) is 5.88 Å². The minimum absolute atomic E-state index is 0.392. The minimum atomic E-state index is 0.392. The van der Waals surface area contributed by atoms with Gasteiger partial charge in [0, 0.05) is 36.7 Å². The Balaban J connectivity index is 2.15. The lowest BCUT2D eigenvalue weighted by atomic mass is 9.80. The number of hydrogen-bond acceptors (Lipinski definition) is 2. The number of rotatable bonds is 2. The summed E-state index contributed by atoms with van der Waals surface area (Å²) in [7, 11) is 0. The standard InChI is InChI=1S/C14H21ClN2/c1-14(2,3)12-5-7-17(10-12)13-4-6-16-9-11(13)8-15/h4,6,9,12H,5,7-8,10H2,1-3H3. The molecule has 1 unspecified atom stereocenters. The lowest BCUT2D eigenvalue weighted by molar-refractivity contribution is 0.263. The summed E-state index contributed by atoms with van der Waals surface area (Å²) in [6, 6.07) is 2.09. The van der Waals surface area contributed by atoms with Crippen LogP contribution in [-0.4, -0.2) is 18.1 Å². The van der Waals surface area contributed by atoms with E-state index in [0.717, 1.165) is 24.6 Å². The van der Waals surface area contributed by atoms with Gasteiger partial charge in [0.05, 0.1) is 5.88 Å². The first-order chi connectivity index (χ1) is 8.02. The molecule has 0 saturated carbocycles. The molecule has 1 saturated heterocycles. The summed E-state index contributed by atoms with van der Waals surface area (Å²) in [5.41, 5.74) is 2.80. The van der Waals surface area contributed by atoms with Crippen LogP contribution in [0.1, 0.15) is 32.8 Å². The highest BCUT2D eigenvalue weighted by Crippen LogP contribution is 2.36. The van der Waals surface area contributed by atoms with E-state index in [4.69, 9.17) is 11.6 Å². The first-order valence-electron chi connectivity index (χ1n) is 6.26. The monoisotopic (exact) mass is 252 g/mol. The van der Waals surface area contributed by atoms with E-state index in [1.165, 1.54) is 12.1 Å². The molecular formula is C14H21ClN2. The van der Waals surface area contributed by atoms with Crippen LogP contribution in [0.2, 0.25) is 0 Å². The van der Waals surface area contributed by atoms with Gasteiger partial charge in [-0.1, -0.05) is 20.8 Å². The van der Waals surface area contributed by atoms with Crippen molar-refractivity contribution in [3.8, 4) is 0 Å². The van der Waals surface area contributed by atoms with Gasteiger partial charge in [-0.05, 0) is 23.8 Å². The Morgan fingerprint density at radius 1 is 1.47 bits per heavy atom. The molecule has 3 heteroatoms. The fraction of sp³-hybridized carbons (Fsp3) is 0.643. The van der Waals surface area contributed by atoms with Gasteiger partial charge in [-0.3, -0.25) is 4.98 Å². The Labute approximate surface area is 109 Å². The third-order valence-electron chi connectivity index (χ3n) is 3.78. The van der Waals surface area contributed by atoms with Crippen LogP contribution in [0.25, 0.3) is 0 Å². The predicted octanol–water partition coefficient (Wildman–Crippen LogP) is 3.69. The van der Waals surface area contributed by atoms with Crippen molar-refractivity contribution in [3.05, 3.63) is 24.0 Å². The van der Waals surface area contributed by atoms with Crippen molar-refractivity contribution in [2.24, 2.45) is 11.3 Å². The highest BCUT2D eigenvalue weighted by atomic mass is 35.5. The second kappa shape index (κ2) is 4.85. The summed E-state index contributed by atoms with van der Waals surface area (Å²) in [5, 5.41) is 0. The second-order valence-corrected chi connectivity index (χ2v) is 6.20. The van der Waals surface area contributed by atoms with Crippen molar-refractivity contribution in [1.82, 2.24) is 4.98 Å².